The van der Waals surface area contributed by atoms with E-state index in [4.69, 9.17) is 11.6 Å². The molecule has 17 heavy (non-hydrogen) atoms. The van der Waals surface area contributed by atoms with Gasteiger partial charge in [0.1, 0.15) is 5.02 Å². The van der Waals surface area contributed by atoms with Crippen LogP contribution < -0.4 is 10.5 Å². The van der Waals surface area contributed by atoms with Crippen LogP contribution in [0.4, 0.5) is 5.69 Å². The van der Waals surface area contributed by atoms with Gasteiger partial charge in [-0.05, 0) is 12.1 Å². The first-order valence-corrected chi connectivity index (χ1v) is 5.49. The predicted molar refractivity (Wildman–Crippen MR) is 69.2 cm³/mol. The zero-order valence-electron chi connectivity index (χ0n) is 9.59. The third kappa shape index (κ3) is 2.17. The van der Waals surface area contributed by atoms with Gasteiger partial charge < -0.3 is 4.90 Å². The minimum absolute atomic E-state index is 0.175. The molecule has 4 nitrogen and oxygen atoms in total. The van der Waals surface area contributed by atoms with Gasteiger partial charge >= 0.3 is 0 Å². The summed E-state index contributed by atoms with van der Waals surface area (Å²) >= 11 is 6.03. The van der Waals surface area contributed by atoms with Gasteiger partial charge in [-0.15, -0.1) is 0 Å². The first kappa shape index (κ1) is 11.7. The van der Waals surface area contributed by atoms with E-state index in [9.17, 15) is 4.79 Å². The van der Waals surface area contributed by atoms with Crippen LogP contribution in [-0.2, 0) is 0 Å². The van der Waals surface area contributed by atoms with Crippen molar-refractivity contribution in [1.29, 1.82) is 0 Å². The minimum atomic E-state index is -0.316. The number of para-hydroxylation sites is 1. The zero-order valence-corrected chi connectivity index (χ0v) is 10.3. The smallest absolute Gasteiger partial charge is 0.292 e. The number of hydrogen-bond donors (Lipinski definition) is 0. The van der Waals surface area contributed by atoms with E-state index in [2.05, 4.69) is 5.10 Å². The van der Waals surface area contributed by atoms with Gasteiger partial charge in [0.2, 0.25) is 0 Å². The van der Waals surface area contributed by atoms with E-state index in [0.29, 0.717) is 11.4 Å². The lowest BCUT2D eigenvalue weighted by molar-refractivity contribution is 0.803. The molecule has 0 N–H and O–H groups in total. The second kappa shape index (κ2) is 4.59. The van der Waals surface area contributed by atoms with E-state index >= 15 is 0 Å². The molecule has 2 aromatic rings. The Hall–Kier alpha value is -1.81. The maximum Gasteiger partial charge on any atom is 0.292 e. The summed E-state index contributed by atoms with van der Waals surface area (Å²) < 4.78 is 1.29. The minimum Gasteiger partial charge on any atom is -0.375 e. The number of halogens is 1. The Labute approximate surface area is 104 Å². The van der Waals surface area contributed by atoms with Crippen molar-refractivity contribution in [3.8, 4) is 5.69 Å². The van der Waals surface area contributed by atoms with Crippen LogP contribution in [0.3, 0.4) is 0 Å². The molecule has 2 rings (SSSR count). The third-order valence-corrected chi connectivity index (χ3v) is 2.74. The summed E-state index contributed by atoms with van der Waals surface area (Å²) in [6.07, 6.45) is 1.58. The second-order valence-corrected chi connectivity index (χ2v) is 4.17. The highest BCUT2D eigenvalue weighted by Gasteiger charge is 2.11. The number of benzene rings is 1. The van der Waals surface area contributed by atoms with Crippen LogP contribution in [0.5, 0.6) is 0 Å². The molecule has 0 aliphatic carbocycles. The molecule has 0 atom stereocenters. The van der Waals surface area contributed by atoms with Crippen molar-refractivity contribution < 1.29 is 0 Å². The molecular formula is C12H12ClN3O. The Balaban J connectivity index is 2.60. The van der Waals surface area contributed by atoms with Crippen molar-refractivity contribution >= 4 is 17.3 Å². The first-order valence-electron chi connectivity index (χ1n) is 5.12. The lowest BCUT2D eigenvalue weighted by atomic mass is 10.3. The number of aromatic nitrogens is 2. The monoisotopic (exact) mass is 249 g/mol. The molecule has 0 unspecified atom stereocenters. The fraction of sp³-hybridized carbons (Fsp3) is 0.167. The van der Waals surface area contributed by atoms with Gasteiger partial charge in [0.25, 0.3) is 5.56 Å². The number of rotatable bonds is 2. The third-order valence-electron chi connectivity index (χ3n) is 2.38. The molecule has 5 heteroatoms. The van der Waals surface area contributed by atoms with Crippen molar-refractivity contribution in [3.05, 3.63) is 51.9 Å². The standard InChI is InChI=1S/C12H12ClN3O/c1-15(2)10-8-14-16(12(17)11(10)13)9-6-4-3-5-7-9/h3-8H,1-2H3. The van der Waals surface area contributed by atoms with Gasteiger partial charge in [0, 0.05) is 14.1 Å². The van der Waals surface area contributed by atoms with Gasteiger partial charge in [-0.1, -0.05) is 29.8 Å². The van der Waals surface area contributed by atoms with Crippen LogP contribution in [0.2, 0.25) is 5.02 Å². The van der Waals surface area contributed by atoms with E-state index < -0.39 is 0 Å². The molecule has 1 aromatic carbocycles. The van der Waals surface area contributed by atoms with Gasteiger partial charge in [-0.2, -0.15) is 9.78 Å². The van der Waals surface area contributed by atoms with Crippen LogP contribution >= 0.6 is 11.6 Å². The van der Waals surface area contributed by atoms with Crippen molar-refractivity contribution in [3.63, 3.8) is 0 Å². The summed E-state index contributed by atoms with van der Waals surface area (Å²) in [7, 11) is 3.63. The van der Waals surface area contributed by atoms with E-state index in [0.717, 1.165) is 0 Å². The largest absolute Gasteiger partial charge is 0.375 e. The quantitative estimate of drug-likeness (QED) is 0.817. The summed E-state index contributed by atoms with van der Waals surface area (Å²) in [5, 5.41) is 4.28. The lowest BCUT2D eigenvalue weighted by Gasteiger charge is -2.14. The predicted octanol–water partition coefficient (Wildman–Crippen LogP) is 1.95. The molecule has 0 spiro atoms. The summed E-state index contributed by atoms with van der Waals surface area (Å²) in [5.41, 5.74) is 0.998. The van der Waals surface area contributed by atoms with Crippen molar-refractivity contribution in [2.45, 2.75) is 0 Å². The molecule has 0 aliphatic heterocycles. The highest BCUT2D eigenvalue weighted by atomic mass is 35.5. The number of anilines is 1. The second-order valence-electron chi connectivity index (χ2n) is 3.79. The van der Waals surface area contributed by atoms with Crippen LogP contribution in [0.25, 0.3) is 5.69 Å². The topological polar surface area (TPSA) is 38.1 Å². The molecule has 88 valence electrons. The highest BCUT2D eigenvalue weighted by molar-refractivity contribution is 6.33. The molecule has 0 bridgehead atoms. The Morgan fingerprint density at radius 3 is 2.47 bits per heavy atom. The van der Waals surface area contributed by atoms with E-state index in [1.54, 1.807) is 23.2 Å². The summed E-state index contributed by atoms with van der Waals surface area (Å²) in [6, 6.07) is 9.18. The van der Waals surface area contributed by atoms with Crippen LogP contribution in [-0.4, -0.2) is 23.9 Å². The van der Waals surface area contributed by atoms with Crippen molar-refractivity contribution in [2.24, 2.45) is 0 Å². The molecule has 0 saturated carbocycles. The molecular weight excluding hydrogens is 238 g/mol. The zero-order chi connectivity index (χ0) is 12.4. The van der Waals surface area contributed by atoms with E-state index in [1.807, 2.05) is 32.3 Å². The summed E-state index contributed by atoms with van der Waals surface area (Å²) in [5.74, 6) is 0. The molecule has 0 radical (unpaired) electrons. The van der Waals surface area contributed by atoms with Gasteiger partial charge in [0.05, 0.1) is 17.6 Å². The fourth-order valence-corrected chi connectivity index (χ4v) is 1.79. The summed E-state index contributed by atoms with van der Waals surface area (Å²) in [6.45, 7) is 0. The molecule has 1 aromatic heterocycles. The maximum absolute atomic E-state index is 12.0. The average Bonchev–Trinajstić information content (AvgIpc) is 2.33. The Kier molecular flexibility index (Phi) is 3.15. The van der Waals surface area contributed by atoms with Crippen LogP contribution in [0.15, 0.2) is 41.3 Å². The number of hydrogen-bond acceptors (Lipinski definition) is 3. The SMILES string of the molecule is CN(C)c1cnn(-c2ccccc2)c(=O)c1Cl. The van der Waals surface area contributed by atoms with Gasteiger partial charge in [-0.3, -0.25) is 4.79 Å². The lowest BCUT2D eigenvalue weighted by Crippen LogP contribution is -2.24. The maximum atomic E-state index is 12.0. The van der Waals surface area contributed by atoms with Crippen LogP contribution in [0, 0.1) is 0 Å². The molecule has 0 fully saturated rings. The van der Waals surface area contributed by atoms with Crippen LogP contribution in [0.1, 0.15) is 0 Å². The summed E-state index contributed by atoms with van der Waals surface area (Å²) in [4.78, 5) is 13.8. The van der Waals surface area contributed by atoms with E-state index in [1.165, 1.54) is 4.68 Å². The highest BCUT2D eigenvalue weighted by Crippen LogP contribution is 2.18. The molecule has 0 saturated heterocycles. The Morgan fingerprint density at radius 2 is 1.88 bits per heavy atom. The number of nitrogens with zero attached hydrogens (tertiary/aromatic N) is 3. The van der Waals surface area contributed by atoms with Crippen molar-refractivity contribution in [1.82, 2.24) is 9.78 Å². The van der Waals surface area contributed by atoms with Crippen molar-refractivity contribution in [2.75, 3.05) is 19.0 Å². The molecule has 0 aliphatic rings. The van der Waals surface area contributed by atoms with Gasteiger partial charge in [0.15, 0.2) is 0 Å². The Morgan fingerprint density at radius 1 is 1.24 bits per heavy atom. The van der Waals surface area contributed by atoms with E-state index in [-0.39, 0.29) is 10.6 Å². The molecule has 0 amide bonds. The fourth-order valence-electron chi connectivity index (χ4n) is 1.49. The average molecular weight is 250 g/mol. The first-order chi connectivity index (χ1) is 8.11. The Bertz CT molecular complexity index is 578. The van der Waals surface area contributed by atoms with Gasteiger partial charge in [-0.25, -0.2) is 0 Å². The molecule has 1 heterocycles. The normalized spacial score (nSPS) is 10.3.